The van der Waals surface area contributed by atoms with Crippen molar-refractivity contribution in [3.05, 3.63) is 41.7 Å². The molecule has 3 heterocycles. The van der Waals surface area contributed by atoms with Gasteiger partial charge in [0, 0.05) is 24.1 Å². The van der Waals surface area contributed by atoms with E-state index in [4.69, 9.17) is 5.73 Å². The molecule has 16 nitrogen and oxygen atoms in total. The molecular weight excluding hydrogens is 749 g/mol. The van der Waals surface area contributed by atoms with Gasteiger partial charge in [0.2, 0.25) is 27.6 Å². The maximum absolute atomic E-state index is 14.8. The summed E-state index contributed by atoms with van der Waals surface area (Å²) in [5.41, 5.74) is 2.64. The molecule has 2 aliphatic carbocycles. The fraction of sp³-hybridized carbons (Fsp3) is 0.649. The summed E-state index contributed by atoms with van der Waals surface area (Å²) in [5, 5.41) is 24.9. The number of rotatable bonds is 14. The number of hydrogen-bond acceptors (Lipinski definition) is 11. The van der Waals surface area contributed by atoms with Crippen molar-refractivity contribution >= 4 is 51.2 Å². The first-order valence-electron chi connectivity index (χ1n) is 19.0. The molecule has 2 saturated carbocycles. The Morgan fingerprint density at radius 3 is 2.29 bits per heavy atom. The average Bonchev–Trinajstić information content (AvgIpc) is 3.49. The molecule has 3 atom stereocenters. The molecule has 1 aromatic carbocycles. The minimum Gasteiger partial charge on any atom is -0.384 e. The van der Waals surface area contributed by atoms with E-state index >= 15 is 0 Å². The van der Waals surface area contributed by atoms with Gasteiger partial charge in [0.05, 0.1) is 22.8 Å². The second-order valence-electron chi connectivity index (χ2n) is 16.4. The van der Waals surface area contributed by atoms with Crippen LogP contribution < -0.4 is 21.1 Å². The van der Waals surface area contributed by atoms with Crippen LogP contribution in [0, 0.1) is 5.92 Å². The van der Waals surface area contributed by atoms with Crippen LogP contribution in [0.25, 0.3) is 0 Å². The first kappa shape index (κ1) is 40.8. The van der Waals surface area contributed by atoms with Crippen molar-refractivity contribution in [2.75, 3.05) is 18.1 Å². The molecule has 300 valence electrons. The van der Waals surface area contributed by atoms with Crippen LogP contribution in [0.3, 0.4) is 0 Å². The number of hydrogen-bond donors (Lipinski definition) is 5. The maximum Gasteiger partial charge on any atom is 0.287 e. The number of Topliss-reactive ketones (excluding diaryl/α,β-unsaturated/α-hetero) is 1. The zero-order valence-corrected chi connectivity index (χ0v) is 33.2. The first-order chi connectivity index (χ1) is 25.9. The number of likely N-dealkylation sites (tertiary alicyclic amines) is 1. The van der Waals surface area contributed by atoms with Gasteiger partial charge in [-0.05, 0) is 94.6 Å². The average molecular weight is 801 g/mol. The van der Waals surface area contributed by atoms with Gasteiger partial charge in [0.25, 0.3) is 11.8 Å². The van der Waals surface area contributed by atoms with Crippen LogP contribution in [0.5, 0.6) is 0 Å². The largest absolute Gasteiger partial charge is 0.384 e. The molecule has 0 bridgehead atoms. The standard InChI is InChI=1S/C37H52N8O8S2/c1-35(2,51)29-21-39-43-45(29)25-20-28(33(49)41-37(30(46)31(38)47)15-17-54-18-16-37)44(22-25)34(50)27(19-23-7-5-4-6-8-23)40-32(48)24-9-11-26(12-10-24)55(52,53)42-36(3)13-14-36/h9-12,21,23,25,27-28,42,51H,4-8,13-20,22H2,1-3H3,(H2,38,47)(H,40,48)(H,41,49)/t25-,27?,28-/m0/s1. The molecule has 1 unspecified atom stereocenters. The third-order valence-electron chi connectivity index (χ3n) is 11.5. The van der Waals surface area contributed by atoms with Gasteiger partial charge in [-0.3, -0.25) is 24.0 Å². The van der Waals surface area contributed by atoms with Crippen LogP contribution in [-0.4, -0.2) is 104 Å². The monoisotopic (exact) mass is 800 g/mol. The summed E-state index contributed by atoms with van der Waals surface area (Å²) < 4.78 is 30.1. The number of aliphatic hydroxyl groups is 1. The minimum atomic E-state index is -3.80. The Kier molecular flexibility index (Phi) is 11.8. The summed E-state index contributed by atoms with van der Waals surface area (Å²) in [7, 11) is -3.80. The Morgan fingerprint density at radius 1 is 1.04 bits per heavy atom. The van der Waals surface area contributed by atoms with E-state index in [0.717, 1.165) is 44.9 Å². The van der Waals surface area contributed by atoms with E-state index in [1.165, 1.54) is 40.0 Å². The Morgan fingerprint density at radius 2 is 1.69 bits per heavy atom. The summed E-state index contributed by atoms with van der Waals surface area (Å²) in [6, 6.07) is 2.73. The van der Waals surface area contributed by atoms with Crippen LogP contribution in [0.15, 0.2) is 35.4 Å². The van der Waals surface area contributed by atoms with E-state index in [1.54, 1.807) is 25.6 Å². The Balaban J connectivity index is 1.29. The molecule has 55 heavy (non-hydrogen) atoms. The fourth-order valence-electron chi connectivity index (χ4n) is 8.00. The predicted molar refractivity (Wildman–Crippen MR) is 203 cm³/mol. The number of carbonyl (C=O) groups excluding carboxylic acids is 5. The van der Waals surface area contributed by atoms with Crippen LogP contribution in [0.2, 0.25) is 0 Å². The smallest absolute Gasteiger partial charge is 0.287 e. The van der Waals surface area contributed by atoms with Crippen molar-refractivity contribution in [1.82, 2.24) is 35.2 Å². The number of benzene rings is 1. The summed E-state index contributed by atoms with van der Waals surface area (Å²) in [6.45, 7) is 4.96. The molecule has 6 N–H and O–H groups in total. The molecule has 4 aliphatic rings. The van der Waals surface area contributed by atoms with Crippen molar-refractivity contribution in [3.8, 4) is 0 Å². The Bertz CT molecular complexity index is 1900. The van der Waals surface area contributed by atoms with Gasteiger partial charge < -0.3 is 26.4 Å². The minimum absolute atomic E-state index is 0.0201. The zero-order chi connectivity index (χ0) is 39.8. The summed E-state index contributed by atoms with van der Waals surface area (Å²) >= 11 is 1.59. The number of primary amides is 1. The fourth-order valence-corrected chi connectivity index (χ4v) is 10.7. The van der Waals surface area contributed by atoms with E-state index < -0.39 is 74.2 Å². The van der Waals surface area contributed by atoms with Gasteiger partial charge in [-0.15, -0.1) is 5.10 Å². The number of nitrogens with one attached hydrogen (secondary N) is 3. The van der Waals surface area contributed by atoms with Crippen molar-refractivity contribution in [3.63, 3.8) is 0 Å². The highest BCUT2D eigenvalue weighted by atomic mass is 32.2. The summed E-state index contributed by atoms with van der Waals surface area (Å²) in [5.74, 6) is -2.63. The van der Waals surface area contributed by atoms with Gasteiger partial charge >= 0.3 is 0 Å². The van der Waals surface area contributed by atoms with Gasteiger partial charge in [-0.1, -0.05) is 37.3 Å². The molecule has 18 heteroatoms. The summed E-state index contributed by atoms with van der Waals surface area (Å²) in [4.78, 5) is 69.8. The number of nitrogens with zero attached hydrogens (tertiary/aromatic N) is 4. The zero-order valence-electron chi connectivity index (χ0n) is 31.6. The number of sulfonamides is 1. The molecule has 1 aromatic heterocycles. The van der Waals surface area contributed by atoms with E-state index in [9.17, 15) is 37.5 Å². The second-order valence-corrected chi connectivity index (χ2v) is 19.3. The van der Waals surface area contributed by atoms with Gasteiger partial charge in [-0.2, -0.15) is 11.8 Å². The van der Waals surface area contributed by atoms with Crippen LogP contribution in [0.4, 0.5) is 0 Å². The number of ketones is 1. The number of nitrogens with two attached hydrogens (primary N) is 1. The third kappa shape index (κ3) is 9.24. The molecule has 2 saturated heterocycles. The second kappa shape index (κ2) is 15.9. The highest BCUT2D eigenvalue weighted by molar-refractivity contribution is 7.99. The lowest BCUT2D eigenvalue weighted by Crippen LogP contribution is -2.63. The van der Waals surface area contributed by atoms with Crippen LogP contribution in [-0.2, 0) is 34.8 Å². The third-order valence-corrected chi connectivity index (χ3v) is 14.1. The lowest BCUT2D eigenvalue weighted by Gasteiger charge is -2.37. The summed E-state index contributed by atoms with van der Waals surface area (Å²) in [6.07, 6.45) is 8.44. The number of amides is 4. The van der Waals surface area contributed by atoms with E-state index in [2.05, 4.69) is 25.7 Å². The molecule has 4 amide bonds. The number of thioether (sulfide) groups is 1. The van der Waals surface area contributed by atoms with Crippen molar-refractivity contribution in [2.45, 2.75) is 131 Å². The lowest BCUT2D eigenvalue weighted by atomic mass is 9.84. The van der Waals surface area contributed by atoms with E-state index in [0.29, 0.717) is 23.6 Å². The molecular formula is C37H52N8O8S2. The molecule has 2 aromatic rings. The topological polar surface area (TPSA) is 236 Å². The quantitative estimate of drug-likeness (QED) is 0.173. The number of carbonyl (C=O) groups is 5. The van der Waals surface area contributed by atoms with E-state index in [-0.39, 0.29) is 42.2 Å². The Labute approximate surface area is 325 Å². The normalized spacial score (nSPS) is 23.1. The highest BCUT2D eigenvalue weighted by Crippen LogP contribution is 2.37. The molecule has 2 aliphatic heterocycles. The van der Waals surface area contributed by atoms with Gasteiger partial charge in [-0.25, -0.2) is 17.8 Å². The molecule has 6 rings (SSSR count). The van der Waals surface area contributed by atoms with Crippen molar-refractivity contribution in [2.24, 2.45) is 11.7 Å². The lowest BCUT2D eigenvalue weighted by molar-refractivity contribution is -0.145. The SMILES string of the molecule is CC1(NS(=O)(=O)c2ccc(C(=O)NC(CC3CCCCC3)C(=O)N3C[C@@H](n4nncc4C(C)(C)O)C[C@H]3C(=O)NC3(C(=O)C(N)=O)CCSCC3)cc2)CC1. The van der Waals surface area contributed by atoms with Crippen LogP contribution in [0.1, 0.15) is 113 Å². The van der Waals surface area contributed by atoms with Crippen molar-refractivity contribution in [1.29, 1.82) is 0 Å². The van der Waals surface area contributed by atoms with Gasteiger partial charge in [0.15, 0.2) is 0 Å². The Hall–Kier alpha value is -3.87. The van der Waals surface area contributed by atoms with Gasteiger partial charge in [0.1, 0.15) is 23.2 Å². The molecule has 0 spiro atoms. The maximum atomic E-state index is 14.8. The number of aromatic nitrogens is 3. The predicted octanol–water partition coefficient (Wildman–Crippen LogP) is 1.68. The molecule has 4 fully saturated rings. The highest BCUT2D eigenvalue weighted by Gasteiger charge is 2.49. The van der Waals surface area contributed by atoms with Crippen LogP contribution >= 0.6 is 11.8 Å². The van der Waals surface area contributed by atoms with E-state index in [1.807, 2.05) is 6.92 Å². The molecule has 0 radical (unpaired) electrons. The van der Waals surface area contributed by atoms with Crippen molar-refractivity contribution < 1.29 is 37.5 Å². The first-order valence-corrected chi connectivity index (χ1v) is 21.7.